The van der Waals surface area contributed by atoms with Crippen molar-refractivity contribution in [1.29, 1.82) is 0 Å². The number of alkyl halides is 1. The molecule has 3 rings (SSSR count). The standard InChI is InChI=1S/C16H15ClN2O/c17-7-11-5-14(9-18-8-11)12-1-2-15-13(6-12)3-4-19-16(15)10-20/h1-2,5-6,8-10,16,19H,3-4,7H2. The fourth-order valence-corrected chi connectivity index (χ4v) is 2.76. The van der Waals surface area contributed by atoms with Crippen LogP contribution in [0, 0.1) is 0 Å². The van der Waals surface area contributed by atoms with Crippen molar-refractivity contribution in [1.82, 2.24) is 10.3 Å². The molecule has 0 fully saturated rings. The van der Waals surface area contributed by atoms with Crippen molar-refractivity contribution in [3.63, 3.8) is 0 Å². The molecule has 0 amide bonds. The molecule has 0 bridgehead atoms. The highest BCUT2D eigenvalue weighted by molar-refractivity contribution is 6.17. The predicted octanol–water partition coefficient (Wildman–Crippen LogP) is 2.87. The highest BCUT2D eigenvalue weighted by Gasteiger charge is 2.19. The predicted molar refractivity (Wildman–Crippen MR) is 79.7 cm³/mol. The number of hydrogen-bond donors (Lipinski definition) is 1. The van der Waals surface area contributed by atoms with Crippen LogP contribution in [0.3, 0.4) is 0 Å². The second-order valence-corrected chi connectivity index (χ2v) is 5.21. The Bertz CT molecular complexity index is 642. The monoisotopic (exact) mass is 286 g/mol. The van der Waals surface area contributed by atoms with E-state index in [4.69, 9.17) is 11.6 Å². The van der Waals surface area contributed by atoms with E-state index < -0.39 is 0 Å². The molecular formula is C16H15ClN2O. The molecule has 4 heteroatoms. The zero-order chi connectivity index (χ0) is 13.9. The molecule has 1 unspecified atom stereocenters. The van der Waals surface area contributed by atoms with E-state index in [1.165, 1.54) is 5.56 Å². The number of aromatic nitrogens is 1. The van der Waals surface area contributed by atoms with Crippen molar-refractivity contribution < 1.29 is 4.79 Å². The number of pyridine rings is 1. The van der Waals surface area contributed by atoms with Crippen LogP contribution < -0.4 is 5.32 Å². The molecule has 0 saturated carbocycles. The van der Waals surface area contributed by atoms with E-state index in [9.17, 15) is 4.79 Å². The summed E-state index contributed by atoms with van der Waals surface area (Å²) in [5.41, 5.74) is 5.50. The Morgan fingerprint density at radius 2 is 2.20 bits per heavy atom. The molecule has 0 aliphatic carbocycles. The van der Waals surface area contributed by atoms with Gasteiger partial charge in [-0.05, 0) is 34.7 Å². The summed E-state index contributed by atoms with van der Waals surface area (Å²) >= 11 is 5.85. The van der Waals surface area contributed by atoms with Crippen molar-refractivity contribution in [3.8, 4) is 11.1 Å². The Hall–Kier alpha value is -1.71. The number of hydrogen-bond acceptors (Lipinski definition) is 3. The van der Waals surface area contributed by atoms with Crippen LogP contribution in [0.25, 0.3) is 11.1 Å². The number of nitrogens with zero attached hydrogens (tertiary/aromatic N) is 1. The largest absolute Gasteiger partial charge is 0.304 e. The zero-order valence-corrected chi connectivity index (χ0v) is 11.7. The highest BCUT2D eigenvalue weighted by atomic mass is 35.5. The van der Waals surface area contributed by atoms with Crippen LogP contribution in [0.5, 0.6) is 0 Å². The summed E-state index contributed by atoms with van der Waals surface area (Å²) in [4.78, 5) is 15.3. The van der Waals surface area contributed by atoms with Gasteiger partial charge in [0.15, 0.2) is 0 Å². The lowest BCUT2D eigenvalue weighted by molar-refractivity contribution is -0.109. The maximum absolute atomic E-state index is 11.1. The first-order valence-corrected chi connectivity index (χ1v) is 7.17. The van der Waals surface area contributed by atoms with Crippen molar-refractivity contribution in [3.05, 3.63) is 53.3 Å². The van der Waals surface area contributed by atoms with Gasteiger partial charge in [-0.1, -0.05) is 18.2 Å². The molecule has 0 saturated heterocycles. The number of nitrogens with one attached hydrogen (secondary N) is 1. The van der Waals surface area contributed by atoms with Gasteiger partial charge in [0.2, 0.25) is 0 Å². The third-order valence-corrected chi connectivity index (χ3v) is 3.96. The second kappa shape index (κ2) is 5.73. The number of carbonyl (C=O) groups excluding carboxylic acids is 1. The number of carbonyl (C=O) groups is 1. The lowest BCUT2D eigenvalue weighted by atomic mass is 9.91. The molecule has 1 aliphatic heterocycles. The molecule has 102 valence electrons. The molecule has 0 radical (unpaired) electrons. The van der Waals surface area contributed by atoms with Crippen molar-refractivity contribution in [2.45, 2.75) is 18.3 Å². The first-order valence-electron chi connectivity index (χ1n) is 6.63. The van der Waals surface area contributed by atoms with Gasteiger partial charge in [0.25, 0.3) is 0 Å². The number of aldehydes is 1. The van der Waals surface area contributed by atoms with Gasteiger partial charge >= 0.3 is 0 Å². The van der Waals surface area contributed by atoms with E-state index in [2.05, 4.69) is 22.4 Å². The van der Waals surface area contributed by atoms with Gasteiger partial charge in [0, 0.05) is 30.4 Å². The lowest BCUT2D eigenvalue weighted by Gasteiger charge is -2.23. The van der Waals surface area contributed by atoms with Gasteiger partial charge in [0.1, 0.15) is 6.29 Å². The average Bonchev–Trinajstić information content (AvgIpc) is 2.53. The fourth-order valence-electron chi connectivity index (χ4n) is 2.62. The number of fused-ring (bicyclic) bond motifs is 1. The molecule has 1 aliphatic rings. The normalized spacial score (nSPS) is 17.6. The maximum Gasteiger partial charge on any atom is 0.141 e. The Morgan fingerprint density at radius 3 is 3.00 bits per heavy atom. The SMILES string of the molecule is O=CC1NCCc2cc(-c3cncc(CCl)c3)ccc21. The molecule has 0 spiro atoms. The molecule has 20 heavy (non-hydrogen) atoms. The van der Waals surface area contributed by atoms with Crippen LogP contribution in [0.1, 0.15) is 22.7 Å². The van der Waals surface area contributed by atoms with E-state index in [1.807, 2.05) is 18.3 Å². The van der Waals surface area contributed by atoms with Gasteiger partial charge in [-0.2, -0.15) is 0 Å². The van der Waals surface area contributed by atoms with Crippen LogP contribution >= 0.6 is 11.6 Å². The summed E-state index contributed by atoms with van der Waals surface area (Å²) in [6.45, 7) is 0.833. The van der Waals surface area contributed by atoms with Gasteiger partial charge in [-0.3, -0.25) is 4.98 Å². The Kier molecular flexibility index (Phi) is 3.81. The smallest absolute Gasteiger partial charge is 0.141 e. The quantitative estimate of drug-likeness (QED) is 0.697. The second-order valence-electron chi connectivity index (χ2n) is 4.95. The summed E-state index contributed by atoms with van der Waals surface area (Å²) in [6, 6.07) is 8.10. The van der Waals surface area contributed by atoms with Crippen molar-refractivity contribution in [2.75, 3.05) is 6.54 Å². The van der Waals surface area contributed by atoms with E-state index in [0.717, 1.165) is 41.5 Å². The van der Waals surface area contributed by atoms with Crippen LogP contribution in [0.4, 0.5) is 0 Å². The van der Waals surface area contributed by atoms with Crippen molar-refractivity contribution in [2.24, 2.45) is 0 Å². The molecule has 1 aromatic carbocycles. The minimum atomic E-state index is -0.180. The van der Waals surface area contributed by atoms with Gasteiger partial charge in [-0.15, -0.1) is 11.6 Å². The minimum Gasteiger partial charge on any atom is -0.304 e. The van der Waals surface area contributed by atoms with Crippen LogP contribution in [0.15, 0.2) is 36.7 Å². The summed E-state index contributed by atoms with van der Waals surface area (Å²) in [5, 5.41) is 3.20. The molecule has 1 atom stereocenters. The molecular weight excluding hydrogens is 272 g/mol. The zero-order valence-electron chi connectivity index (χ0n) is 11.0. The topological polar surface area (TPSA) is 42.0 Å². The molecule has 1 aromatic heterocycles. The lowest BCUT2D eigenvalue weighted by Crippen LogP contribution is -2.30. The summed E-state index contributed by atoms with van der Waals surface area (Å²) in [7, 11) is 0. The number of halogens is 1. The van der Waals surface area contributed by atoms with Crippen LogP contribution in [-0.4, -0.2) is 17.8 Å². The van der Waals surface area contributed by atoms with Gasteiger partial charge in [0.05, 0.1) is 6.04 Å². The third-order valence-electron chi connectivity index (χ3n) is 3.66. The molecule has 2 heterocycles. The highest BCUT2D eigenvalue weighted by Crippen LogP contribution is 2.28. The molecule has 1 N–H and O–H groups in total. The first kappa shape index (κ1) is 13.3. The fraction of sp³-hybridized carbons (Fsp3) is 0.250. The minimum absolute atomic E-state index is 0.180. The average molecular weight is 287 g/mol. The summed E-state index contributed by atoms with van der Waals surface area (Å²) < 4.78 is 0. The Morgan fingerprint density at radius 1 is 1.30 bits per heavy atom. The van der Waals surface area contributed by atoms with E-state index in [0.29, 0.717) is 5.88 Å². The van der Waals surface area contributed by atoms with Gasteiger partial charge < -0.3 is 10.1 Å². The molecule has 3 nitrogen and oxygen atoms in total. The summed E-state index contributed by atoms with van der Waals surface area (Å²) in [6.07, 6.45) is 5.53. The Balaban J connectivity index is 2.01. The number of benzene rings is 1. The number of rotatable bonds is 3. The Labute approximate surface area is 123 Å². The van der Waals surface area contributed by atoms with E-state index >= 15 is 0 Å². The van der Waals surface area contributed by atoms with Crippen LogP contribution in [-0.2, 0) is 17.1 Å². The maximum atomic E-state index is 11.1. The molecule has 2 aromatic rings. The van der Waals surface area contributed by atoms with Gasteiger partial charge in [-0.25, -0.2) is 0 Å². The third kappa shape index (κ3) is 2.47. The first-order chi connectivity index (χ1) is 9.81. The van der Waals surface area contributed by atoms with Crippen molar-refractivity contribution >= 4 is 17.9 Å². The van der Waals surface area contributed by atoms with E-state index in [-0.39, 0.29) is 6.04 Å². The summed E-state index contributed by atoms with van der Waals surface area (Å²) in [5.74, 6) is 0.461. The van der Waals surface area contributed by atoms with E-state index in [1.54, 1.807) is 6.20 Å². The van der Waals surface area contributed by atoms with Crippen LogP contribution in [0.2, 0.25) is 0 Å².